The lowest BCUT2D eigenvalue weighted by Crippen LogP contribution is -2.38. The van der Waals surface area contributed by atoms with Crippen molar-refractivity contribution in [3.8, 4) is 0 Å². The van der Waals surface area contributed by atoms with Gasteiger partial charge >= 0.3 is 0 Å². The fourth-order valence-corrected chi connectivity index (χ4v) is 3.25. The van der Waals surface area contributed by atoms with Gasteiger partial charge in [0.15, 0.2) is 5.96 Å². The van der Waals surface area contributed by atoms with Crippen molar-refractivity contribution in [1.29, 1.82) is 0 Å². The molecule has 0 amide bonds. The highest BCUT2D eigenvalue weighted by Gasteiger charge is 2.07. The minimum absolute atomic E-state index is 0.754. The fraction of sp³-hybridized carbons (Fsp3) is 0.364. The minimum atomic E-state index is 0.754. The van der Waals surface area contributed by atoms with Crippen molar-refractivity contribution in [2.24, 2.45) is 4.99 Å². The molecular formula is C22H29N5. The monoisotopic (exact) mass is 363 g/mol. The maximum Gasteiger partial charge on any atom is 0.191 e. The van der Waals surface area contributed by atoms with Crippen LogP contribution >= 0.6 is 0 Å². The van der Waals surface area contributed by atoms with Crippen molar-refractivity contribution < 1.29 is 0 Å². The van der Waals surface area contributed by atoms with Crippen LogP contribution in [0.15, 0.2) is 47.6 Å². The van der Waals surface area contributed by atoms with Crippen LogP contribution in [0.5, 0.6) is 0 Å². The summed E-state index contributed by atoms with van der Waals surface area (Å²) in [5.41, 5.74) is 6.07. The normalized spacial score (nSPS) is 11.7. The molecule has 0 aliphatic rings. The third-order valence-electron chi connectivity index (χ3n) is 4.68. The van der Waals surface area contributed by atoms with Crippen molar-refractivity contribution in [3.63, 3.8) is 0 Å². The van der Waals surface area contributed by atoms with Crippen LogP contribution < -0.4 is 10.6 Å². The highest BCUT2D eigenvalue weighted by Crippen LogP contribution is 2.22. The number of guanidine groups is 1. The molecule has 0 unspecified atom stereocenters. The Morgan fingerprint density at radius 2 is 1.93 bits per heavy atom. The molecule has 0 spiro atoms. The molecule has 3 aromatic rings. The smallest absolute Gasteiger partial charge is 0.191 e. The van der Waals surface area contributed by atoms with Crippen molar-refractivity contribution in [2.75, 3.05) is 19.6 Å². The first-order valence-electron chi connectivity index (χ1n) is 9.67. The average Bonchev–Trinajstić information content (AvgIpc) is 2.99. The zero-order chi connectivity index (χ0) is 19.1. The molecule has 2 aromatic heterocycles. The number of para-hydroxylation sites is 1. The van der Waals surface area contributed by atoms with Gasteiger partial charge in [0.2, 0.25) is 0 Å². The zero-order valence-corrected chi connectivity index (χ0v) is 16.5. The molecule has 5 nitrogen and oxygen atoms in total. The molecule has 3 rings (SSSR count). The number of hydrogen-bond donors (Lipinski definition) is 3. The summed E-state index contributed by atoms with van der Waals surface area (Å²) in [4.78, 5) is 12.6. The van der Waals surface area contributed by atoms with Gasteiger partial charge in [-0.15, -0.1) is 0 Å². The Hall–Kier alpha value is -2.82. The van der Waals surface area contributed by atoms with Crippen LogP contribution in [0.4, 0.5) is 0 Å². The molecule has 0 saturated heterocycles. The molecule has 0 radical (unpaired) electrons. The van der Waals surface area contributed by atoms with E-state index in [-0.39, 0.29) is 0 Å². The minimum Gasteiger partial charge on any atom is -0.358 e. The SMILES string of the molecule is CCNC(=NCCc1c(C)[nH]c2ccccc12)NCCc1ccc(C)nc1. The van der Waals surface area contributed by atoms with E-state index in [2.05, 4.69) is 70.8 Å². The summed E-state index contributed by atoms with van der Waals surface area (Å²) in [6.07, 6.45) is 3.80. The molecule has 27 heavy (non-hydrogen) atoms. The Balaban J connectivity index is 1.56. The van der Waals surface area contributed by atoms with Gasteiger partial charge in [-0.25, -0.2) is 0 Å². The number of aliphatic imine (C=N–C) groups is 1. The van der Waals surface area contributed by atoms with E-state index in [0.717, 1.165) is 44.1 Å². The third-order valence-corrected chi connectivity index (χ3v) is 4.68. The molecule has 0 fully saturated rings. The zero-order valence-electron chi connectivity index (χ0n) is 16.5. The van der Waals surface area contributed by atoms with E-state index < -0.39 is 0 Å². The predicted molar refractivity (Wildman–Crippen MR) is 113 cm³/mol. The Morgan fingerprint density at radius 1 is 1.07 bits per heavy atom. The maximum absolute atomic E-state index is 4.75. The molecule has 0 atom stereocenters. The van der Waals surface area contributed by atoms with Gasteiger partial charge in [0.1, 0.15) is 0 Å². The van der Waals surface area contributed by atoms with Gasteiger partial charge in [-0.3, -0.25) is 9.98 Å². The Kier molecular flexibility index (Phi) is 6.47. The molecule has 5 heteroatoms. The second-order valence-corrected chi connectivity index (χ2v) is 6.77. The van der Waals surface area contributed by atoms with Crippen molar-refractivity contribution in [3.05, 3.63) is 65.1 Å². The second-order valence-electron chi connectivity index (χ2n) is 6.77. The van der Waals surface area contributed by atoms with Crippen LogP contribution in [-0.4, -0.2) is 35.6 Å². The molecule has 2 heterocycles. The van der Waals surface area contributed by atoms with Crippen LogP contribution in [0.25, 0.3) is 10.9 Å². The lowest BCUT2D eigenvalue weighted by atomic mass is 10.1. The van der Waals surface area contributed by atoms with Crippen LogP contribution in [-0.2, 0) is 12.8 Å². The number of H-pyrrole nitrogens is 1. The largest absolute Gasteiger partial charge is 0.358 e. The van der Waals surface area contributed by atoms with Gasteiger partial charge in [-0.1, -0.05) is 24.3 Å². The first kappa shape index (κ1) is 19.0. The summed E-state index contributed by atoms with van der Waals surface area (Å²) in [7, 11) is 0. The molecular weight excluding hydrogens is 334 g/mol. The van der Waals surface area contributed by atoms with Crippen molar-refractivity contribution in [1.82, 2.24) is 20.6 Å². The summed E-state index contributed by atoms with van der Waals surface area (Å²) in [5, 5.41) is 8.05. The number of aryl methyl sites for hydroxylation is 2. The first-order valence-corrected chi connectivity index (χ1v) is 9.67. The quantitative estimate of drug-likeness (QED) is 0.444. The number of hydrogen-bond acceptors (Lipinski definition) is 2. The lowest BCUT2D eigenvalue weighted by Gasteiger charge is -2.11. The maximum atomic E-state index is 4.75. The Morgan fingerprint density at radius 3 is 2.70 bits per heavy atom. The summed E-state index contributed by atoms with van der Waals surface area (Å²) in [6.45, 7) is 8.67. The summed E-state index contributed by atoms with van der Waals surface area (Å²) in [5.74, 6) is 0.870. The highest BCUT2D eigenvalue weighted by atomic mass is 15.2. The number of fused-ring (bicyclic) bond motifs is 1. The first-order chi connectivity index (χ1) is 13.2. The van der Waals surface area contributed by atoms with E-state index in [1.54, 1.807) is 0 Å². The molecule has 1 aromatic carbocycles. The standard InChI is InChI=1S/C22H29N5/c1-4-23-22(24-13-11-18-10-9-16(2)26-15-18)25-14-12-19-17(3)27-21-8-6-5-7-20(19)21/h5-10,15,27H,4,11-14H2,1-3H3,(H2,23,24,25). The van der Waals surface area contributed by atoms with E-state index in [4.69, 9.17) is 4.99 Å². The molecule has 3 N–H and O–H groups in total. The number of rotatable bonds is 7. The lowest BCUT2D eigenvalue weighted by molar-refractivity contribution is 0.794. The number of nitrogens with one attached hydrogen (secondary N) is 3. The Bertz CT molecular complexity index is 893. The van der Waals surface area contributed by atoms with Gasteiger partial charge in [-0.05, 0) is 56.9 Å². The molecule has 0 saturated carbocycles. The van der Waals surface area contributed by atoms with Crippen LogP contribution in [0.1, 0.15) is 29.4 Å². The van der Waals surface area contributed by atoms with Crippen LogP contribution in [0.2, 0.25) is 0 Å². The van der Waals surface area contributed by atoms with Gasteiger partial charge in [0.25, 0.3) is 0 Å². The van der Waals surface area contributed by atoms with Crippen LogP contribution in [0, 0.1) is 13.8 Å². The number of benzene rings is 1. The topological polar surface area (TPSA) is 65.1 Å². The Labute approximate surface area is 161 Å². The van der Waals surface area contributed by atoms with Crippen LogP contribution in [0.3, 0.4) is 0 Å². The van der Waals surface area contributed by atoms with E-state index in [1.165, 1.54) is 27.7 Å². The average molecular weight is 364 g/mol. The number of nitrogens with zero attached hydrogens (tertiary/aromatic N) is 2. The fourth-order valence-electron chi connectivity index (χ4n) is 3.25. The van der Waals surface area contributed by atoms with Gasteiger partial charge < -0.3 is 15.6 Å². The van der Waals surface area contributed by atoms with E-state index in [9.17, 15) is 0 Å². The van der Waals surface area contributed by atoms with Crippen molar-refractivity contribution in [2.45, 2.75) is 33.6 Å². The number of aromatic nitrogens is 2. The summed E-state index contributed by atoms with van der Waals surface area (Å²) >= 11 is 0. The molecule has 0 bridgehead atoms. The van der Waals surface area contributed by atoms with Gasteiger partial charge in [0.05, 0.1) is 0 Å². The molecule has 142 valence electrons. The number of pyridine rings is 1. The highest BCUT2D eigenvalue weighted by molar-refractivity contribution is 5.84. The second kappa shape index (κ2) is 9.21. The molecule has 0 aliphatic heterocycles. The summed E-state index contributed by atoms with van der Waals surface area (Å²) in [6, 6.07) is 12.6. The predicted octanol–water partition coefficient (Wildman–Crippen LogP) is 3.52. The van der Waals surface area contributed by atoms with Gasteiger partial charge in [-0.2, -0.15) is 0 Å². The third kappa shape index (κ3) is 5.09. The number of aromatic amines is 1. The van der Waals surface area contributed by atoms with Gasteiger partial charge in [0, 0.05) is 48.1 Å². The molecule has 0 aliphatic carbocycles. The van der Waals surface area contributed by atoms with E-state index in [0.29, 0.717) is 0 Å². The van der Waals surface area contributed by atoms with E-state index >= 15 is 0 Å². The van der Waals surface area contributed by atoms with Crippen molar-refractivity contribution >= 4 is 16.9 Å². The van der Waals surface area contributed by atoms with E-state index in [1.807, 2.05) is 13.1 Å². The summed E-state index contributed by atoms with van der Waals surface area (Å²) < 4.78 is 0.